The Morgan fingerprint density at radius 2 is 1.22 bits per heavy atom. The van der Waals surface area contributed by atoms with Crippen LogP contribution in [0.5, 0.6) is 0 Å². The lowest BCUT2D eigenvalue weighted by Gasteiger charge is -2.03. The molecule has 0 bridgehead atoms. The van der Waals surface area contributed by atoms with Gasteiger partial charge in [0.05, 0.1) is 11.4 Å². The van der Waals surface area contributed by atoms with Crippen molar-refractivity contribution in [2.45, 2.75) is 0 Å². The van der Waals surface area contributed by atoms with Gasteiger partial charge < -0.3 is 0 Å². The Bertz CT molecular complexity index is 491. The van der Waals surface area contributed by atoms with Crippen LogP contribution in [0.1, 0.15) is 11.4 Å². The number of hydrogen-bond donors (Lipinski definition) is 0. The number of rotatable bonds is 2. The Labute approximate surface area is 124 Å². The largest absolute Gasteiger partial charge is 0.255 e. The molecule has 0 N–H and O–H groups in total. The van der Waals surface area contributed by atoms with Gasteiger partial charge in [-0.1, -0.05) is 36.6 Å². The maximum absolute atomic E-state index is 5.29. The van der Waals surface area contributed by atoms with Crippen molar-refractivity contribution in [2.75, 3.05) is 0 Å². The molecule has 0 aromatic carbocycles. The van der Waals surface area contributed by atoms with Gasteiger partial charge in [-0.3, -0.25) is 9.97 Å². The second kappa shape index (κ2) is 6.94. The van der Waals surface area contributed by atoms with Gasteiger partial charge in [0, 0.05) is 12.4 Å². The fourth-order valence-electron chi connectivity index (χ4n) is 1.13. The van der Waals surface area contributed by atoms with E-state index in [1.165, 1.54) is 21.6 Å². The summed E-state index contributed by atoms with van der Waals surface area (Å²) in [6.45, 7) is 0. The minimum absolute atomic E-state index is 0.721. The van der Waals surface area contributed by atoms with E-state index in [0.717, 1.165) is 19.8 Å². The summed E-state index contributed by atoms with van der Waals surface area (Å²) in [5.41, 5.74) is 1.60. The molecule has 0 spiro atoms. The van der Waals surface area contributed by atoms with E-state index in [-0.39, 0.29) is 0 Å². The number of hydrogen-bond acceptors (Lipinski definition) is 6. The van der Waals surface area contributed by atoms with E-state index in [1.807, 2.05) is 36.4 Å². The van der Waals surface area contributed by atoms with Gasteiger partial charge in [-0.15, -0.1) is 0 Å². The van der Waals surface area contributed by atoms with Crippen molar-refractivity contribution >= 4 is 54.4 Å². The Hall–Kier alpha value is -0.820. The van der Waals surface area contributed by atoms with E-state index in [9.17, 15) is 0 Å². The average molecular weight is 308 g/mol. The zero-order valence-corrected chi connectivity index (χ0v) is 12.4. The van der Waals surface area contributed by atoms with Crippen LogP contribution < -0.4 is 0 Å². The van der Waals surface area contributed by atoms with Crippen molar-refractivity contribution in [1.82, 2.24) is 9.97 Å². The molecule has 18 heavy (non-hydrogen) atoms. The molecule has 2 heterocycles. The Kier molecular flexibility index (Phi) is 5.25. The summed E-state index contributed by atoms with van der Waals surface area (Å²) >= 11 is 10.6. The second-order valence-corrected chi connectivity index (χ2v) is 6.65. The van der Waals surface area contributed by atoms with E-state index >= 15 is 0 Å². The number of pyridine rings is 2. The third kappa shape index (κ3) is 3.84. The first-order valence-electron chi connectivity index (χ1n) is 5.02. The molecule has 2 rings (SSSR count). The summed E-state index contributed by atoms with van der Waals surface area (Å²) in [7, 11) is 2.87. The van der Waals surface area contributed by atoms with E-state index in [0.29, 0.717) is 0 Å². The zero-order chi connectivity index (χ0) is 12.8. The first-order valence-corrected chi connectivity index (χ1v) is 7.99. The van der Waals surface area contributed by atoms with Gasteiger partial charge in [0.25, 0.3) is 0 Å². The molecule has 6 heteroatoms. The smallest absolute Gasteiger partial charge is 0.107 e. The van der Waals surface area contributed by atoms with Crippen molar-refractivity contribution in [3.63, 3.8) is 0 Å². The van der Waals surface area contributed by atoms with E-state index in [2.05, 4.69) is 9.97 Å². The second-order valence-electron chi connectivity index (χ2n) is 3.17. The van der Waals surface area contributed by atoms with Crippen LogP contribution in [0, 0.1) is 0 Å². The standard InChI is InChI=1S/C12H8N2S4/c15-11(9-5-1-3-7-13-9)17-18-12(16)10-6-2-4-8-14-10/h1-8H. The lowest BCUT2D eigenvalue weighted by atomic mass is 10.4. The van der Waals surface area contributed by atoms with Crippen LogP contribution in [-0.4, -0.2) is 18.4 Å². The molecule has 0 saturated heterocycles. The SMILES string of the molecule is S=C(SSC(=S)c1ccccn1)c1ccccn1. The Morgan fingerprint density at radius 3 is 1.56 bits per heavy atom. The number of nitrogens with zero attached hydrogens (tertiary/aromatic N) is 2. The van der Waals surface area contributed by atoms with Crippen molar-refractivity contribution in [1.29, 1.82) is 0 Å². The van der Waals surface area contributed by atoms with Crippen LogP contribution >= 0.6 is 46.0 Å². The van der Waals surface area contributed by atoms with E-state index in [1.54, 1.807) is 12.4 Å². The van der Waals surface area contributed by atoms with Gasteiger partial charge in [-0.2, -0.15) is 0 Å². The zero-order valence-electron chi connectivity index (χ0n) is 9.15. The first-order chi connectivity index (χ1) is 8.77. The number of aromatic nitrogens is 2. The van der Waals surface area contributed by atoms with E-state index in [4.69, 9.17) is 24.4 Å². The van der Waals surface area contributed by atoms with Crippen molar-refractivity contribution < 1.29 is 0 Å². The molecule has 90 valence electrons. The lowest BCUT2D eigenvalue weighted by Crippen LogP contribution is -1.96. The van der Waals surface area contributed by atoms with Crippen molar-refractivity contribution in [3.05, 3.63) is 60.2 Å². The molecule has 2 nitrogen and oxygen atoms in total. The monoisotopic (exact) mass is 308 g/mol. The van der Waals surface area contributed by atoms with Crippen molar-refractivity contribution in [2.24, 2.45) is 0 Å². The molecule has 0 aliphatic rings. The first kappa shape index (κ1) is 13.6. The van der Waals surface area contributed by atoms with Crippen LogP contribution in [0.4, 0.5) is 0 Å². The van der Waals surface area contributed by atoms with Gasteiger partial charge in [-0.25, -0.2) is 0 Å². The molecule has 0 saturated carbocycles. The third-order valence-corrected chi connectivity index (χ3v) is 5.55. The topological polar surface area (TPSA) is 25.8 Å². The van der Waals surface area contributed by atoms with E-state index < -0.39 is 0 Å². The molecule has 0 atom stereocenters. The van der Waals surface area contributed by atoms with Crippen LogP contribution in [-0.2, 0) is 0 Å². The fraction of sp³-hybridized carbons (Fsp3) is 0. The molecule has 0 fully saturated rings. The highest BCUT2D eigenvalue weighted by atomic mass is 33.1. The summed E-state index contributed by atoms with van der Waals surface area (Å²) in [4.78, 5) is 8.39. The molecule has 2 aromatic rings. The van der Waals surface area contributed by atoms with Gasteiger partial charge in [-0.05, 0) is 45.9 Å². The average Bonchev–Trinajstić information content (AvgIpc) is 2.46. The highest BCUT2D eigenvalue weighted by Crippen LogP contribution is 2.29. The van der Waals surface area contributed by atoms with Crippen LogP contribution in [0.25, 0.3) is 0 Å². The lowest BCUT2D eigenvalue weighted by molar-refractivity contribution is 1.31. The third-order valence-electron chi connectivity index (χ3n) is 1.94. The minimum Gasteiger partial charge on any atom is -0.255 e. The van der Waals surface area contributed by atoms with Gasteiger partial charge in [0.1, 0.15) is 8.39 Å². The Morgan fingerprint density at radius 1 is 0.778 bits per heavy atom. The summed E-state index contributed by atoms with van der Waals surface area (Å²) in [6, 6.07) is 11.3. The fourth-order valence-corrected chi connectivity index (χ4v) is 3.51. The predicted molar refractivity (Wildman–Crippen MR) is 87.1 cm³/mol. The van der Waals surface area contributed by atoms with Gasteiger partial charge in [0.15, 0.2) is 0 Å². The molecule has 0 aliphatic heterocycles. The predicted octanol–water partition coefficient (Wildman–Crippen LogP) is 3.91. The molecule has 2 aromatic heterocycles. The molecular weight excluding hydrogens is 300 g/mol. The maximum atomic E-state index is 5.29. The molecule has 0 unspecified atom stereocenters. The minimum atomic E-state index is 0.721. The molecule has 0 aliphatic carbocycles. The summed E-state index contributed by atoms with van der Waals surface area (Å²) in [5.74, 6) is 0. The normalized spacial score (nSPS) is 10.0. The van der Waals surface area contributed by atoms with Crippen LogP contribution in [0.3, 0.4) is 0 Å². The maximum Gasteiger partial charge on any atom is 0.107 e. The molecule has 0 radical (unpaired) electrons. The summed E-state index contributed by atoms with van der Waals surface area (Å²) in [6.07, 6.45) is 3.45. The highest BCUT2D eigenvalue weighted by Gasteiger charge is 2.08. The highest BCUT2D eigenvalue weighted by molar-refractivity contribution is 8.89. The van der Waals surface area contributed by atoms with Crippen LogP contribution in [0.2, 0.25) is 0 Å². The Balaban J connectivity index is 1.93. The summed E-state index contributed by atoms with van der Waals surface area (Å²) in [5, 5.41) is 0. The molecular formula is C12H8N2S4. The van der Waals surface area contributed by atoms with Crippen molar-refractivity contribution in [3.8, 4) is 0 Å². The van der Waals surface area contributed by atoms with Gasteiger partial charge >= 0.3 is 0 Å². The summed E-state index contributed by atoms with van der Waals surface area (Å²) < 4.78 is 1.44. The van der Waals surface area contributed by atoms with Crippen LogP contribution in [0.15, 0.2) is 48.8 Å². The van der Waals surface area contributed by atoms with Gasteiger partial charge in [0.2, 0.25) is 0 Å². The quantitative estimate of drug-likeness (QED) is 0.616. The molecule has 0 amide bonds. The number of thiocarbonyl (C=S) groups is 2.